The van der Waals surface area contributed by atoms with Gasteiger partial charge in [0.1, 0.15) is 11.5 Å². The summed E-state index contributed by atoms with van der Waals surface area (Å²) in [5.41, 5.74) is 7.99. The lowest BCUT2D eigenvalue weighted by molar-refractivity contribution is -0.110. The largest absolute Gasteiger partial charge is 0.497 e. The monoisotopic (exact) mass is 349 g/mol. The minimum atomic E-state index is -0.535. The number of nitrogens with two attached hydrogens (primary N) is 1. The van der Waals surface area contributed by atoms with Crippen molar-refractivity contribution in [2.75, 3.05) is 18.2 Å². The Labute approximate surface area is 150 Å². The zero-order valence-electron chi connectivity index (χ0n) is 14.3. The molecule has 2 aromatic carbocycles. The number of carbonyl (C=O) groups is 1. The van der Waals surface area contributed by atoms with E-state index in [1.165, 1.54) is 0 Å². The number of methoxy groups -OCH3 is 1. The summed E-state index contributed by atoms with van der Waals surface area (Å²) in [5, 5.41) is 14.9. The molecule has 3 aromatic rings. The fourth-order valence-electron chi connectivity index (χ4n) is 2.47. The number of nitrogens with zero attached hydrogens (tertiary/aromatic N) is 2. The molecule has 0 fully saturated rings. The van der Waals surface area contributed by atoms with Crippen LogP contribution in [0.15, 0.2) is 60.9 Å². The molecule has 0 saturated heterocycles. The first-order valence-corrected chi connectivity index (χ1v) is 7.97. The topological polar surface area (TPSA) is 106 Å². The summed E-state index contributed by atoms with van der Waals surface area (Å²) in [4.78, 5) is 12.3. The van der Waals surface area contributed by atoms with Crippen molar-refractivity contribution < 1.29 is 9.53 Å². The predicted octanol–water partition coefficient (Wildman–Crippen LogP) is 2.53. The van der Waals surface area contributed by atoms with E-state index in [1.807, 2.05) is 24.3 Å². The van der Waals surface area contributed by atoms with E-state index in [0.29, 0.717) is 23.5 Å². The highest BCUT2D eigenvalue weighted by Gasteiger charge is 2.15. The van der Waals surface area contributed by atoms with Gasteiger partial charge in [-0.1, -0.05) is 30.3 Å². The smallest absolute Gasteiger partial charge is 0.274 e. The van der Waals surface area contributed by atoms with Gasteiger partial charge >= 0.3 is 0 Å². The number of benzene rings is 2. The van der Waals surface area contributed by atoms with Crippen LogP contribution in [0.3, 0.4) is 0 Å². The molecule has 1 aromatic heterocycles. The molecule has 1 amide bonds. The maximum atomic E-state index is 12.3. The molecule has 0 radical (unpaired) electrons. The number of amides is 1. The average molecular weight is 349 g/mol. The minimum Gasteiger partial charge on any atom is -0.497 e. The standard InChI is InChI=1S/C19H19N5O2/c1-26-15-8-6-13(7-9-15)11-24-12-14(10-22-24)23-19(25)18(21)16-4-2-3-5-17(16)20/h2-10,12,21H,11,20H2,1H3,(H,23,25). The van der Waals surface area contributed by atoms with Crippen LogP contribution in [0.25, 0.3) is 0 Å². The number of rotatable bonds is 6. The maximum absolute atomic E-state index is 12.3. The molecule has 0 bridgehead atoms. The van der Waals surface area contributed by atoms with Crippen molar-refractivity contribution >= 4 is 23.0 Å². The van der Waals surface area contributed by atoms with E-state index in [-0.39, 0.29) is 5.71 Å². The van der Waals surface area contributed by atoms with Crippen molar-refractivity contribution in [1.82, 2.24) is 9.78 Å². The summed E-state index contributed by atoms with van der Waals surface area (Å²) in [6.07, 6.45) is 3.26. The number of nitrogens with one attached hydrogen (secondary N) is 2. The molecule has 4 N–H and O–H groups in total. The highest BCUT2D eigenvalue weighted by Crippen LogP contribution is 2.15. The van der Waals surface area contributed by atoms with Crippen LogP contribution in [0, 0.1) is 5.41 Å². The van der Waals surface area contributed by atoms with E-state index in [2.05, 4.69) is 10.4 Å². The summed E-state index contributed by atoms with van der Waals surface area (Å²) in [6.45, 7) is 0.558. The summed E-state index contributed by atoms with van der Waals surface area (Å²) in [5.74, 6) is 0.257. The summed E-state index contributed by atoms with van der Waals surface area (Å²) in [7, 11) is 1.62. The third-order valence-electron chi connectivity index (χ3n) is 3.85. The molecule has 0 spiro atoms. The molecular weight excluding hydrogens is 330 g/mol. The molecule has 1 heterocycles. The van der Waals surface area contributed by atoms with Crippen molar-refractivity contribution in [3.05, 3.63) is 72.1 Å². The number of para-hydroxylation sites is 1. The van der Waals surface area contributed by atoms with Crippen LogP contribution in [-0.2, 0) is 11.3 Å². The zero-order valence-corrected chi connectivity index (χ0v) is 14.3. The number of hydrogen-bond acceptors (Lipinski definition) is 5. The highest BCUT2D eigenvalue weighted by atomic mass is 16.5. The molecule has 0 aliphatic rings. The normalized spacial score (nSPS) is 10.3. The Hall–Kier alpha value is -3.61. The van der Waals surface area contributed by atoms with Gasteiger partial charge in [-0.2, -0.15) is 5.10 Å². The first-order chi connectivity index (χ1) is 12.6. The third-order valence-corrected chi connectivity index (χ3v) is 3.85. The quantitative estimate of drug-likeness (QED) is 0.469. The summed E-state index contributed by atoms with van der Waals surface area (Å²) < 4.78 is 6.84. The first kappa shape index (κ1) is 17.2. The van der Waals surface area contributed by atoms with Gasteiger partial charge in [0.2, 0.25) is 0 Å². The number of anilines is 2. The molecular formula is C19H19N5O2. The molecule has 132 valence electrons. The second kappa shape index (κ2) is 7.52. The van der Waals surface area contributed by atoms with Gasteiger partial charge in [-0.3, -0.25) is 14.9 Å². The Morgan fingerprint density at radius 2 is 1.96 bits per heavy atom. The molecule has 0 atom stereocenters. The highest BCUT2D eigenvalue weighted by molar-refractivity contribution is 6.48. The summed E-state index contributed by atoms with van der Waals surface area (Å²) >= 11 is 0. The number of carbonyl (C=O) groups excluding carboxylic acids is 1. The number of hydrogen-bond donors (Lipinski definition) is 3. The van der Waals surface area contributed by atoms with Crippen molar-refractivity contribution in [1.29, 1.82) is 5.41 Å². The summed E-state index contributed by atoms with van der Waals surface area (Å²) in [6, 6.07) is 14.5. The average Bonchev–Trinajstić information content (AvgIpc) is 3.09. The molecule has 0 aliphatic heterocycles. The van der Waals surface area contributed by atoms with Gasteiger partial charge < -0.3 is 15.8 Å². The minimum absolute atomic E-state index is 0.189. The lowest BCUT2D eigenvalue weighted by Crippen LogP contribution is -2.23. The van der Waals surface area contributed by atoms with E-state index >= 15 is 0 Å². The van der Waals surface area contributed by atoms with E-state index in [4.69, 9.17) is 15.9 Å². The zero-order chi connectivity index (χ0) is 18.5. The van der Waals surface area contributed by atoms with Crippen LogP contribution in [0.4, 0.5) is 11.4 Å². The Balaban J connectivity index is 1.65. The Bertz CT molecular complexity index is 931. The Kier molecular flexibility index (Phi) is 4.98. The van der Waals surface area contributed by atoms with E-state index in [0.717, 1.165) is 11.3 Å². The molecule has 7 nitrogen and oxygen atoms in total. The second-order valence-electron chi connectivity index (χ2n) is 5.69. The van der Waals surface area contributed by atoms with Gasteiger partial charge in [-0.05, 0) is 23.8 Å². The van der Waals surface area contributed by atoms with Gasteiger partial charge in [-0.15, -0.1) is 0 Å². The van der Waals surface area contributed by atoms with Gasteiger partial charge in [0, 0.05) is 17.4 Å². The fourth-order valence-corrected chi connectivity index (χ4v) is 2.47. The molecule has 0 unspecified atom stereocenters. The fraction of sp³-hybridized carbons (Fsp3) is 0.105. The predicted molar refractivity (Wildman–Crippen MR) is 101 cm³/mol. The van der Waals surface area contributed by atoms with Crippen LogP contribution < -0.4 is 15.8 Å². The van der Waals surface area contributed by atoms with Crippen LogP contribution in [0.2, 0.25) is 0 Å². The van der Waals surface area contributed by atoms with Gasteiger partial charge in [0.15, 0.2) is 0 Å². The maximum Gasteiger partial charge on any atom is 0.274 e. The Morgan fingerprint density at radius 1 is 1.23 bits per heavy atom. The lowest BCUT2D eigenvalue weighted by Gasteiger charge is -2.07. The van der Waals surface area contributed by atoms with E-state index < -0.39 is 5.91 Å². The Morgan fingerprint density at radius 3 is 2.65 bits per heavy atom. The van der Waals surface area contributed by atoms with Crippen molar-refractivity contribution in [2.45, 2.75) is 6.54 Å². The van der Waals surface area contributed by atoms with Crippen molar-refractivity contribution in [3.63, 3.8) is 0 Å². The SMILES string of the molecule is COc1ccc(Cn2cc(NC(=O)C(=N)c3ccccc3N)cn2)cc1. The van der Waals surface area contributed by atoms with Crippen molar-refractivity contribution in [2.24, 2.45) is 0 Å². The van der Waals surface area contributed by atoms with Crippen LogP contribution in [0.1, 0.15) is 11.1 Å². The number of ether oxygens (including phenoxy) is 1. The molecule has 7 heteroatoms. The van der Waals surface area contributed by atoms with E-state index in [9.17, 15) is 4.79 Å². The molecule has 26 heavy (non-hydrogen) atoms. The van der Waals surface area contributed by atoms with E-state index in [1.54, 1.807) is 48.5 Å². The van der Waals surface area contributed by atoms with Gasteiger partial charge in [0.05, 0.1) is 25.5 Å². The van der Waals surface area contributed by atoms with Crippen LogP contribution >= 0.6 is 0 Å². The lowest BCUT2D eigenvalue weighted by atomic mass is 10.1. The third kappa shape index (κ3) is 3.89. The number of aromatic nitrogens is 2. The molecule has 3 rings (SSSR count). The van der Waals surface area contributed by atoms with Gasteiger partial charge in [-0.25, -0.2) is 0 Å². The van der Waals surface area contributed by atoms with Crippen LogP contribution in [-0.4, -0.2) is 28.5 Å². The van der Waals surface area contributed by atoms with Gasteiger partial charge in [0.25, 0.3) is 5.91 Å². The second-order valence-corrected chi connectivity index (χ2v) is 5.69. The molecule has 0 saturated carbocycles. The first-order valence-electron chi connectivity index (χ1n) is 7.97. The van der Waals surface area contributed by atoms with Crippen LogP contribution in [0.5, 0.6) is 5.75 Å². The van der Waals surface area contributed by atoms with Crippen molar-refractivity contribution in [3.8, 4) is 5.75 Å². The number of nitrogen functional groups attached to an aromatic ring is 1. The molecule has 0 aliphatic carbocycles.